The van der Waals surface area contributed by atoms with E-state index in [1.807, 2.05) is 6.07 Å². The number of halogens is 2. The first-order valence-corrected chi connectivity index (χ1v) is 6.56. The van der Waals surface area contributed by atoms with Gasteiger partial charge in [0.15, 0.2) is 0 Å². The first kappa shape index (κ1) is 14.9. The minimum absolute atomic E-state index is 0.0376. The van der Waals surface area contributed by atoms with E-state index in [0.717, 1.165) is 0 Å². The van der Waals surface area contributed by atoms with Gasteiger partial charge in [0.1, 0.15) is 12.4 Å². The van der Waals surface area contributed by atoms with Gasteiger partial charge in [-0.1, -0.05) is 6.07 Å². The van der Waals surface area contributed by atoms with E-state index in [1.54, 1.807) is 6.07 Å². The van der Waals surface area contributed by atoms with E-state index in [4.69, 9.17) is 10.00 Å². The van der Waals surface area contributed by atoms with Crippen molar-refractivity contribution in [2.45, 2.75) is 6.61 Å². The van der Waals surface area contributed by atoms with Gasteiger partial charge in [0.25, 0.3) is 0 Å². The predicted molar refractivity (Wildman–Crippen MR) is 76.2 cm³/mol. The maximum absolute atomic E-state index is 13.2. The number of hydrogen-bond acceptors (Lipinski definition) is 4. The molecule has 0 spiro atoms. The van der Waals surface area contributed by atoms with Gasteiger partial charge in [-0.15, -0.1) is 0 Å². The van der Waals surface area contributed by atoms with E-state index in [2.05, 4.69) is 15.9 Å². The summed E-state index contributed by atoms with van der Waals surface area (Å²) in [5, 5.41) is 19.9. The van der Waals surface area contributed by atoms with E-state index in [1.165, 1.54) is 30.3 Å². The average Bonchev–Trinajstić information content (AvgIpc) is 2.45. The Balaban J connectivity index is 2.31. The van der Waals surface area contributed by atoms with Gasteiger partial charge in [-0.3, -0.25) is 10.1 Å². The molecule has 0 amide bonds. The summed E-state index contributed by atoms with van der Waals surface area (Å²) in [6, 6.07) is 10.0. The van der Waals surface area contributed by atoms with Crippen molar-refractivity contribution in [2.24, 2.45) is 0 Å². The van der Waals surface area contributed by atoms with Crippen LogP contribution in [0.25, 0.3) is 0 Å². The van der Waals surface area contributed by atoms with Gasteiger partial charge < -0.3 is 4.74 Å². The number of hydrogen-bond donors (Lipinski definition) is 0. The molecule has 0 aliphatic heterocycles. The second-order valence-corrected chi connectivity index (χ2v) is 4.90. The molecule has 0 radical (unpaired) electrons. The first-order chi connectivity index (χ1) is 10.0. The fourth-order valence-electron chi connectivity index (χ4n) is 1.72. The zero-order valence-corrected chi connectivity index (χ0v) is 12.1. The average molecular weight is 351 g/mol. The van der Waals surface area contributed by atoms with E-state index in [0.29, 0.717) is 10.0 Å². The summed E-state index contributed by atoms with van der Waals surface area (Å²) in [5.41, 5.74) is 0.368. The molecule has 0 aliphatic rings. The number of nitriles is 1. The van der Waals surface area contributed by atoms with Crippen molar-refractivity contribution in [1.29, 1.82) is 5.26 Å². The Morgan fingerprint density at radius 1 is 1.38 bits per heavy atom. The highest BCUT2D eigenvalue weighted by Gasteiger charge is 2.18. The molecule has 0 unspecified atom stereocenters. The Labute approximate surface area is 127 Å². The van der Waals surface area contributed by atoms with Crippen molar-refractivity contribution < 1.29 is 14.1 Å². The summed E-state index contributed by atoms with van der Waals surface area (Å²) in [4.78, 5) is 10.4. The summed E-state index contributed by atoms with van der Waals surface area (Å²) >= 11 is 3.17. The van der Waals surface area contributed by atoms with Gasteiger partial charge in [-0.2, -0.15) is 5.26 Å². The van der Waals surface area contributed by atoms with Crippen molar-refractivity contribution in [3.05, 3.63) is 67.9 Å². The van der Waals surface area contributed by atoms with Crippen molar-refractivity contribution in [3.63, 3.8) is 0 Å². The molecule has 106 valence electrons. The van der Waals surface area contributed by atoms with Crippen molar-refractivity contribution >= 4 is 21.6 Å². The molecule has 2 rings (SSSR count). The maximum atomic E-state index is 13.2. The minimum Gasteiger partial charge on any atom is -0.481 e. The van der Waals surface area contributed by atoms with Crippen LogP contribution >= 0.6 is 15.9 Å². The molecule has 0 N–H and O–H groups in total. The topological polar surface area (TPSA) is 76.2 Å². The number of nitro groups is 1. The van der Waals surface area contributed by atoms with Crippen LogP contribution in [-0.2, 0) is 6.61 Å². The Bertz CT molecular complexity index is 743. The van der Waals surface area contributed by atoms with E-state index < -0.39 is 10.7 Å². The van der Waals surface area contributed by atoms with Crippen LogP contribution in [-0.4, -0.2) is 4.92 Å². The van der Waals surface area contributed by atoms with Crippen LogP contribution in [0.4, 0.5) is 10.1 Å². The molecule has 0 saturated carbocycles. The van der Waals surface area contributed by atoms with Crippen molar-refractivity contribution in [2.75, 3.05) is 0 Å². The summed E-state index contributed by atoms with van der Waals surface area (Å²) < 4.78 is 19.0. The van der Waals surface area contributed by atoms with Crippen molar-refractivity contribution in [1.82, 2.24) is 0 Å². The van der Waals surface area contributed by atoms with Gasteiger partial charge in [-0.25, -0.2) is 4.39 Å². The van der Waals surface area contributed by atoms with Crippen LogP contribution in [0.15, 0.2) is 40.9 Å². The highest BCUT2D eigenvalue weighted by Crippen LogP contribution is 2.35. The lowest BCUT2D eigenvalue weighted by Crippen LogP contribution is -2.02. The van der Waals surface area contributed by atoms with Crippen LogP contribution in [0.1, 0.15) is 11.1 Å². The normalized spacial score (nSPS) is 9.95. The predicted octanol–water partition coefficient (Wildman–Crippen LogP) is 3.95. The third-order valence-electron chi connectivity index (χ3n) is 2.70. The summed E-state index contributed by atoms with van der Waals surface area (Å²) in [7, 11) is 0. The fraction of sp³-hybridized carbons (Fsp3) is 0.0714. The van der Waals surface area contributed by atoms with E-state index >= 15 is 0 Å². The summed E-state index contributed by atoms with van der Waals surface area (Å²) in [5.74, 6) is -0.468. The van der Waals surface area contributed by atoms with Gasteiger partial charge in [0.05, 0.1) is 21.0 Å². The molecule has 0 aromatic heterocycles. The molecule has 0 aliphatic carbocycles. The van der Waals surface area contributed by atoms with E-state index in [-0.39, 0.29) is 23.6 Å². The largest absolute Gasteiger partial charge is 0.481 e. The highest BCUT2D eigenvalue weighted by molar-refractivity contribution is 9.10. The zero-order valence-electron chi connectivity index (χ0n) is 10.5. The fourth-order valence-corrected chi connectivity index (χ4v) is 2.20. The maximum Gasteiger partial charge on any atom is 0.312 e. The Morgan fingerprint density at radius 2 is 2.14 bits per heavy atom. The van der Waals surface area contributed by atoms with Gasteiger partial charge in [0.2, 0.25) is 5.75 Å². The van der Waals surface area contributed by atoms with Gasteiger partial charge >= 0.3 is 5.69 Å². The second kappa shape index (κ2) is 6.33. The highest BCUT2D eigenvalue weighted by atomic mass is 79.9. The lowest BCUT2D eigenvalue weighted by molar-refractivity contribution is -0.386. The summed E-state index contributed by atoms with van der Waals surface area (Å²) in [6.07, 6.45) is 0. The van der Waals surface area contributed by atoms with Crippen LogP contribution in [0.2, 0.25) is 0 Å². The number of rotatable bonds is 4. The standard InChI is InChI=1S/C14H8BrFN2O3/c15-12-2-1-3-13(18(19)20)14(12)21-8-10-6-11(16)5-4-9(10)7-17/h1-6H,8H2. The number of ether oxygens (including phenoxy) is 1. The van der Waals surface area contributed by atoms with Crippen LogP contribution < -0.4 is 4.74 Å². The zero-order chi connectivity index (χ0) is 15.4. The molecular formula is C14H8BrFN2O3. The SMILES string of the molecule is N#Cc1ccc(F)cc1COc1c(Br)cccc1[N+](=O)[O-]. The molecule has 0 saturated heterocycles. The second-order valence-electron chi connectivity index (χ2n) is 4.05. The molecular weight excluding hydrogens is 343 g/mol. The summed E-state index contributed by atoms with van der Waals surface area (Å²) in [6.45, 7) is -0.149. The minimum atomic E-state index is -0.573. The Kier molecular flexibility index (Phi) is 4.50. The van der Waals surface area contributed by atoms with E-state index in [9.17, 15) is 14.5 Å². The third kappa shape index (κ3) is 3.35. The molecule has 5 nitrogen and oxygen atoms in total. The van der Waals surface area contributed by atoms with Crippen LogP contribution in [0, 0.1) is 27.3 Å². The lowest BCUT2D eigenvalue weighted by Gasteiger charge is -2.09. The molecule has 2 aromatic carbocycles. The third-order valence-corrected chi connectivity index (χ3v) is 3.33. The molecule has 0 heterocycles. The Hall–Kier alpha value is -2.46. The van der Waals surface area contributed by atoms with Crippen LogP contribution in [0.5, 0.6) is 5.75 Å². The quantitative estimate of drug-likeness (QED) is 0.617. The molecule has 2 aromatic rings. The van der Waals surface area contributed by atoms with Crippen molar-refractivity contribution in [3.8, 4) is 11.8 Å². The monoisotopic (exact) mass is 350 g/mol. The molecule has 0 atom stereocenters. The molecule has 7 heteroatoms. The lowest BCUT2D eigenvalue weighted by atomic mass is 10.1. The van der Waals surface area contributed by atoms with Gasteiger partial charge in [0, 0.05) is 11.6 Å². The number of nitro benzene ring substituents is 1. The molecule has 0 fully saturated rings. The van der Waals surface area contributed by atoms with Gasteiger partial charge in [-0.05, 0) is 40.2 Å². The first-order valence-electron chi connectivity index (χ1n) is 5.77. The van der Waals surface area contributed by atoms with Crippen LogP contribution in [0.3, 0.4) is 0 Å². The molecule has 21 heavy (non-hydrogen) atoms. The number of nitrogens with zero attached hydrogens (tertiary/aromatic N) is 2. The molecule has 0 bridgehead atoms. The number of benzene rings is 2. The number of para-hydroxylation sites is 1. The smallest absolute Gasteiger partial charge is 0.312 e. The Morgan fingerprint density at radius 3 is 2.81 bits per heavy atom.